The summed E-state index contributed by atoms with van der Waals surface area (Å²) in [5, 5.41) is 0. The molecule has 26 heavy (non-hydrogen) atoms. The Labute approximate surface area is 160 Å². The molecule has 1 aromatic carbocycles. The fourth-order valence-corrected chi connectivity index (χ4v) is 3.22. The maximum absolute atomic E-state index is 13.0. The first-order valence-corrected chi connectivity index (χ1v) is 9.02. The van der Waals surface area contributed by atoms with Gasteiger partial charge in [-0.1, -0.05) is 0 Å². The molecule has 0 aromatic heterocycles. The molecule has 140 valence electrons. The second-order valence-electron chi connectivity index (χ2n) is 6.16. The molecule has 0 aliphatic carbocycles. The number of benzene rings is 1. The van der Waals surface area contributed by atoms with Crippen molar-refractivity contribution in [1.82, 2.24) is 9.80 Å². The standard InChI is InChI=1S/C18H22BrFN4O2/c1-12-10-23(11-16(25)13-3-5-14(20)6-4-13)7-8-24(12)18(26)17(21)15(19)9-22-2/h3-6,9,12H,7-8,10-11,21H2,1-2H3/t12-/m0/s1. The minimum atomic E-state index is -0.368. The van der Waals surface area contributed by atoms with Crippen molar-refractivity contribution in [3.63, 3.8) is 0 Å². The van der Waals surface area contributed by atoms with E-state index in [9.17, 15) is 14.0 Å². The number of nitrogens with zero attached hydrogens (tertiary/aromatic N) is 3. The van der Waals surface area contributed by atoms with Gasteiger partial charge in [-0.25, -0.2) is 4.39 Å². The largest absolute Gasteiger partial charge is 0.393 e. The average molecular weight is 425 g/mol. The smallest absolute Gasteiger partial charge is 0.271 e. The van der Waals surface area contributed by atoms with Crippen molar-refractivity contribution < 1.29 is 14.0 Å². The summed E-state index contributed by atoms with van der Waals surface area (Å²) in [6.45, 7) is 3.75. The molecule has 1 fully saturated rings. The van der Waals surface area contributed by atoms with Crippen molar-refractivity contribution >= 4 is 33.8 Å². The van der Waals surface area contributed by atoms with Gasteiger partial charge in [-0.15, -0.1) is 0 Å². The molecule has 1 saturated heterocycles. The van der Waals surface area contributed by atoms with E-state index in [1.165, 1.54) is 30.5 Å². The lowest BCUT2D eigenvalue weighted by atomic mass is 10.1. The second kappa shape index (κ2) is 9.05. The number of hydrogen-bond acceptors (Lipinski definition) is 5. The molecule has 8 heteroatoms. The summed E-state index contributed by atoms with van der Waals surface area (Å²) in [4.78, 5) is 32.4. The molecule has 2 rings (SSSR count). The molecule has 1 aliphatic rings. The molecule has 1 aliphatic heterocycles. The topological polar surface area (TPSA) is 79.0 Å². The van der Waals surface area contributed by atoms with Crippen LogP contribution in [0.5, 0.6) is 0 Å². The van der Waals surface area contributed by atoms with Crippen molar-refractivity contribution in [2.75, 3.05) is 33.2 Å². The number of rotatable bonds is 5. The van der Waals surface area contributed by atoms with Gasteiger partial charge in [0.05, 0.1) is 11.0 Å². The van der Waals surface area contributed by atoms with E-state index in [0.717, 1.165) is 0 Å². The number of allylic oxidation sites excluding steroid dienone is 1. The summed E-state index contributed by atoms with van der Waals surface area (Å²) in [5.41, 5.74) is 6.48. The van der Waals surface area contributed by atoms with Gasteiger partial charge in [-0.2, -0.15) is 0 Å². The van der Waals surface area contributed by atoms with Crippen molar-refractivity contribution in [2.24, 2.45) is 10.7 Å². The second-order valence-corrected chi connectivity index (χ2v) is 7.02. The van der Waals surface area contributed by atoms with E-state index in [-0.39, 0.29) is 35.8 Å². The van der Waals surface area contributed by atoms with Gasteiger partial charge in [0, 0.05) is 44.5 Å². The van der Waals surface area contributed by atoms with Gasteiger partial charge in [-0.3, -0.25) is 19.5 Å². The summed E-state index contributed by atoms with van der Waals surface area (Å²) < 4.78 is 13.4. The van der Waals surface area contributed by atoms with E-state index in [1.807, 2.05) is 11.8 Å². The first kappa shape index (κ1) is 20.3. The van der Waals surface area contributed by atoms with E-state index in [1.54, 1.807) is 11.9 Å². The minimum absolute atomic E-state index is 0.0710. The third-order valence-electron chi connectivity index (χ3n) is 4.24. The number of amides is 1. The Morgan fingerprint density at radius 3 is 2.58 bits per heavy atom. The highest BCUT2D eigenvalue weighted by Crippen LogP contribution is 2.15. The molecule has 0 spiro atoms. The lowest BCUT2D eigenvalue weighted by molar-refractivity contribution is -0.131. The number of halogens is 2. The maximum atomic E-state index is 13.0. The molecule has 2 N–H and O–H groups in total. The molecule has 1 heterocycles. The molecule has 0 unspecified atom stereocenters. The predicted octanol–water partition coefficient (Wildman–Crippen LogP) is 1.81. The van der Waals surface area contributed by atoms with Crippen molar-refractivity contribution in [1.29, 1.82) is 0 Å². The summed E-state index contributed by atoms with van der Waals surface area (Å²) in [5.74, 6) is -0.695. The summed E-state index contributed by atoms with van der Waals surface area (Å²) >= 11 is 3.24. The Bertz CT molecular complexity index is 733. The van der Waals surface area contributed by atoms with Crippen LogP contribution in [0.15, 0.2) is 39.4 Å². The van der Waals surface area contributed by atoms with Gasteiger partial charge in [-0.05, 0) is 47.1 Å². The number of ketones is 1. The normalized spacial score (nSPS) is 19.5. The van der Waals surface area contributed by atoms with Gasteiger partial charge in [0.2, 0.25) is 0 Å². The Morgan fingerprint density at radius 2 is 2.00 bits per heavy atom. The molecule has 0 bridgehead atoms. The van der Waals surface area contributed by atoms with Crippen molar-refractivity contribution in [3.8, 4) is 0 Å². The van der Waals surface area contributed by atoms with Crippen LogP contribution in [-0.4, -0.2) is 67.0 Å². The summed E-state index contributed by atoms with van der Waals surface area (Å²) in [6.07, 6.45) is 1.48. The van der Waals surface area contributed by atoms with Gasteiger partial charge in [0.1, 0.15) is 11.5 Å². The maximum Gasteiger partial charge on any atom is 0.271 e. The zero-order chi connectivity index (χ0) is 19.3. The van der Waals surface area contributed by atoms with Crippen molar-refractivity contribution in [3.05, 3.63) is 45.8 Å². The molecule has 0 saturated carbocycles. The first-order chi connectivity index (χ1) is 12.3. The fraction of sp³-hybridized carbons (Fsp3) is 0.389. The Hall–Kier alpha value is -2.06. The Balaban J connectivity index is 1.97. The number of carbonyl (C=O) groups excluding carboxylic acids is 2. The number of carbonyl (C=O) groups is 2. The third-order valence-corrected chi connectivity index (χ3v) is 4.87. The van der Waals surface area contributed by atoms with Gasteiger partial charge in [0.25, 0.3) is 5.91 Å². The van der Waals surface area contributed by atoms with E-state index < -0.39 is 0 Å². The lowest BCUT2D eigenvalue weighted by Crippen LogP contribution is -2.55. The van der Waals surface area contributed by atoms with Gasteiger partial charge in [0.15, 0.2) is 5.78 Å². The molecular formula is C18H22BrFN4O2. The highest BCUT2D eigenvalue weighted by Gasteiger charge is 2.30. The van der Waals surface area contributed by atoms with Crippen LogP contribution in [0.2, 0.25) is 0 Å². The van der Waals surface area contributed by atoms with E-state index in [4.69, 9.17) is 5.73 Å². The molecular weight excluding hydrogens is 403 g/mol. The molecule has 0 radical (unpaired) electrons. The number of hydrogen-bond donors (Lipinski definition) is 1. The van der Waals surface area contributed by atoms with Gasteiger partial charge < -0.3 is 10.6 Å². The van der Waals surface area contributed by atoms with Crippen LogP contribution in [0.25, 0.3) is 0 Å². The zero-order valence-corrected chi connectivity index (χ0v) is 16.4. The van der Waals surface area contributed by atoms with E-state index in [2.05, 4.69) is 20.9 Å². The predicted molar refractivity (Wildman–Crippen MR) is 103 cm³/mol. The minimum Gasteiger partial charge on any atom is -0.393 e. The summed E-state index contributed by atoms with van der Waals surface area (Å²) in [6, 6.07) is 5.44. The lowest BCUT2D eigenvalue weighted by Gasteiger charge is -2.39. The molecule has 1 atom stereocenters. The SMILES string of the molecule is CN=CC(Br)=C(N)C(=O)N1CCN(CC(=O)c2ccc(F)cc2)C[C@@H]1C. The van der Waals surface area contributed by atoms with Crippen LogP contribution in [0, 0.1) is 5.82 Å². The van der Waals surface area contributed by atoms with Crippen molar-refractivity contribution in [2.45, 2.75) is 13.0 Å². The van der Waals surface area contributed by atoms with Crippen LogP contribution in [-0.2, 0) is 4.79 Å². The number of nitrogens with two attached hydrogens (primary N) is 1. The Kier molecular flexibility index (Phi) is 7.05. The highest BCUT2D eigenvalue weighted by molar-refractivity contribution is 9.12. The van der Waals surface area contributed by atoms with Crippen LogP contribution < -0.4 is 5.73 Å². The summed E-state index contributed by atoms with van der Waals surface area (Å²) in [7, 11) is 1.60. The number of Topliss-reactive ketones (excluding diaryl/α,β-unsaturated/α-hetero) is 1. The van der Waals surface area contributed by atoms with E-state index >= 15 is 0 Å². The Morgan fingerprint density at radius 1 is 1.35 bits per heavy atom. The van der Waals surface area contributed by atoms with Crippen LogP contribution >= 0.6 is 15.9 Å². The molecule has 1 amide bonds. The fourth-order valence-electron chi connectivity index (χ4n) is 2.85. The molecule has 1 aromatic rings. The third kappa shape index (κ3) is 4.98. The average Bonchev–Trinajstić information content (AvgIpc) is 2.61. The van der Waals surface area contributed by atoms with Crippen LogP contribution in [0.1, 0.15) is 17.3 Å². The molecule has 6 nitrogen and oxygen atoms in total. The quantitative estimate of drug-likeness (QED) is 0.444. The first-order valence-electron chi connectivity index (χ1n) is 8.23. The van der Waals surface area contributed by atoms with Crippen LogP contribution in [0.4, 0.5) is 4.39 Å². The van der Waals surface area contributed by atoms with Gasteiger partial charge >= 0.3 is 0 Å². The zero-order valence-electron chi connectivity index (χ0n) is 14.8. The van der Waals surface area contributed by atoms with Crippen LogP contribution in [0.3, 0.4) is 0 Å². The highest BCUT2D eigenvalue weighted by atomic mass is 79.9. The monoisotopic (exact) mass is 424 g/mol. The number of piperazine rings is 1. The van der Waals surface area contributed by atoms with E-state index in [0.29, 0.717) is 29.7 Å². The number of aliphatic imine (C=N–C) groups is 1.